The molecule has 2 N–H and O–H groups in total. The van der Waals surface area contributed by atoms with Gasteiger partial charge in [-0.05, 0) is 48.2 Å². The first-order valence-electron chi connectivity index (χ1n) is 8.34. The van der Waals surface area contributed by atoms with E-state index in [0.717, 1.165) is 16.9 Å². The molecular weight excluding hydrogens is 330 g/mol. The predicted molar refractivity (Wildman–Crippen MR) is 98.6 cm³/mol. The maximum absolute atomic E-state index is 5.22. The number of rotatable bonds is 6. The highest BCUT2D eigenvalue weighted by Gasteiger charge is 2.11. The minimum absolute atomic E-state index is 0.129. The first-order valence-corrected chi connectivity index (χ1v) is 8.34. The van der Waals surface area contributed by atoms with E-state index in [1.165, 1.54) is 10.9 Å². The third kappa shape index (κ3) is 3.29. The van der Waals surface area contributed by atoms with Crippen LogP contribution >= 0.6 is 0 Å². The predicted octanol–water partition coefficient (Wildman–Crippen LogP) is 3.93. The van der Waals surface area contributed by atoms with Crippen molar-refractivity contribution >= 4 is 16.7 Å². The first kappa shape index (κ1) is 16.3. The molecule has 0 radical (unpaired) electrons. The molecule has 3 heterocycles. The summed E-state index contributed by atoms with van der Waals surface area (Å²) >= 11 is 0. The molecule has 4 rings (SSSR count). The topological polar surface area (TPSA) is 88.9 Å². The zero-order valence-electron chi connectivity index (χ0n) is 14.6. The quantitative estimate of drug-likeness (QED) is 0.548. The van der Waals surface area contributed by atoms with Crippen LogP contribution in [0.1, 0.15) is 24.4 Å². The van der Waals surface area contributed by atoms with Crippen LogP contribution in [-0.2, 0) is 11.3 Å². The molecule has 0 aliphatic heterocycles. The van der Waals surface area contributed by atoms with E-state index in [-0.39, 0.29) is 6.04 Å². The first-order chi connectivity index (χ1) is 12.7. The van der Waals surface area contributed by atoms with Crippen LogP contribution in [0.3, 0.4) is 0 Å². The van der Waals surface area contributed by atoms with Crippen LogP contribution < -0.4 is 5.32 Å². The summed E-state index contributed by atoms with van der Waals surface area (Å²) < 4.78 is 10.2. The van der Waals surface area contributed by atoms with Crippen LogP contribution in [0.2, 0.25) is 0 Å². The SMILES string of the molecule is COCc1noc(-c2ccc(NC(C)c3ccc4[nH]ccc4c3)nc2)n1. The lowest BCUT2D eigenvalue weighted by atomic mass is 10.1. The second-order valence-corrected chi connectivity index (χ2v) is 6.07. The van der Waals surface area contributed by atoms with Crippen molar-refractivity contribution in [1.82, 2.24) is 20.1 Å². The normalized spacial score (nSPS) is 12.4. The van der Waals surface area contributed by atoms with E-state index in [1.54, 1.807) is 13.3 Å². The van der Waals surface area contributed by atoms with Gasteiger partial charge < -0.3 is 19.6 Å². The summed E-state index contributed by atoms with van der Waals surface area (Å²) in [6.45, 7) is 2.43. The lowest BCUT2D eigenvalue weighted by Crippen LogP contribution is -2.07. The summed E-state index contributed by atoms with van der Waals surface area (Å²) in [5, 5.41) is 8.46. The molecule has 0 spiro atoms. The van der Waals surface area contributed by atoms with Gasteiger partial charge in [-0.2, -0.15) is 4.98 Å². The van der Waals surface area contributed by atoms with Crippen LogP contribution in [-0.4, -0.2) is 27.2 Å². The molecule has 7 heteroatoms. The molecule has 0 saturated heterocycles. The molecule has 3 aromatic heterocycles. The lowest BCUT2D eigenvalue weighted by Gasteiger charge is -2.15. The molecule has 1 atom stereocenters. The average molecular weight is 349 g/mol. The molecule has 1 aromatic carbocycles. The number of aromatic amines is 1. The van der Waals surface area contributed by atoms with Crippen molar-refractivity contribution in [2.24, 2.45) is 0 Å². The highest BCUT2D eigenvalue weighted by molar-refractivity contribution is 5.80. The minimum Gasteiger partial charge on any atom is -0.377 e. The third-order valence-electron chi connectivity index (χ3n) is 4.19. The van der Waals surface area contributed by atoms with Gasteiger partial charge in [-0.1, -0.05) is 11.2 Å². The summed E-state index contributed by atoms with van der Waals surface area (Å²) in [5.41, 5.74) is 3.10. The van der Waals surface area contributed by atoms with Crippen molar-refractivity contribution in [3.05, 3.63) is 60.2 Å². The Kier molecular flexibility index (Phi) is 4.37. The van der Waals surface area contributed by atoms with Crippen molar-refractivity contribution in [2.45, 2.75) is 19.6 Å². The highest BCUT2D eigenvalue weighted by atomic mass is 16.5. The lowest BCUT2D eigenvalue weighted by molar-refractivity contribution is 0.174. The molecule has 1 unspecified atom stereocenters. The fraction of sp³-hybridized carbons (Fsp3) is 0.211. The van der Waals surface area contributed by atoms with Crippen LogP contribution in [0, 0.1) is 0 Å². The molecule has 132 valence electrons. The number of ether oxygens (including phenoxy) is 1. The van der Waals surface area contributed by atoms with Crippen molar-refractivity contribution in [2.75, 3.05) is 12.4 Å². The third-order valence-corrected chi connectivity index (χ3v) is 4.19. The number of fused-ring (bicyclic) bond motifs is 1. The van der Waals surface area contributed by atoms with Gasteiger partial charge in [0.25, 0.3) is 5.89 Å². The van der Waals surface area contributed by atoms with E-state index >= 15 is 0 Å². The standard InChI is InChI=1S/C19H19N5O2/c1-12(13-3-5-16-14(9-13)7-8-20-16)22-17-6-4-15(10-21-17)19-23-18(11-25-2)24-26-19/h3-10,12,20H,11H2,1-2H3,(H,21,22). The monoisotopic (exact) mass is 349 g/mol. The number of hydrogen-bond donors (Lipinski definition) is 2. The number of nitrogens with one attached hydrogen (secondary N) is 2. The smallest absolute Gasteiger partial charge is 0.259 e. The van der Waals surface area contributed by atoms with Gasteiger partial charge in [0.2, 0.25) is 0 Å². The van der Waals surface area contributed by atoms with E-state index in [0.29, 0.717) is 18.3 Å². The molecule has 0 aliphatic carbocycles. The molecule has 7 nitrogen and oxygen atoms in total. The highest BCUT2D eigenvalue weighted by Crippen LogP contribution is 2.23. The second-order valence-electron chi connectivity index (χ2n) is 6.07. The van der Waals surface area contributed by atoms with Gasteiger partial charge in [-0.15, -0.1) is 0 Å². The number of aromatic nitrogens is 4. The zero-order valence-corrected chi connectivity index (χ0v) is 14.6. The molecular formula is C19H19N5O2. The molecule has 0 aliphatic rings. The largest absolute Gasteiger partial charge is 0.377 e. The van der Waals surface area contributed by atoms with Gasteiger partial charge >= 0.3 is 0 Å². The number of benzene rings is 1. The van der Waals surface area contributed by atoms with Gasteiger partial charge in [-0.3, -0.25) is 0 Å². The summed E-state index contributed by atoms with van der Waals surface area (Å²) in [6.07, 6.45) is 3.66. The van der Waals surface area contributed by atoms with Crippen molar-refractivity contribution < 1.29 is 9.26 Å². The Labute approximate surface area is 150 Å². The number of H-pyrrole nitrogens is 1. The Morgan fingerprint density at radius 2 is 2.15 bits per heavy atom. The maximum atomic E-state index is 5.22. The fourth-order valence-electron chi connectivity index (χ4n) is 2.81. The summed E-state index contributed by atoms with van der Waals surface area (Å²) in [7, 11) is 1.59. The van der Waals surface area contributed by atoms with Gasteiger partial charge in [0.15, 0.2) is 5.82 Å². The summed E-state index contributed by atoms with van der Waals surface area (Å²) in [5.74, 6) is 1.73. The molecule has 4 aromatic rings. The number of hydrogen-bond acceptors (Lipinski definition) is 6. The molecule has 0 saturated carbocycles. The summed E-state index contributed by atoms with van der Waals surface area (Å²) in [6, 6.07) is 12.4. The van der Waals surface area contributed by atoms with Gasteiger partial charge in [0, 0.05) is 31.1 Å². The van der Waals surface area contributed by atoms with Crippen molar-refractivity contribution in [3.63, 3.8) is 0 Å². The Balaban J connectivity index is 1.47. The van der Waals surface area contributed by atoms with E-state index in [1.807, 2.05) is 18.3 Å². The van der Waals surface area contributed by atoms with Crippen molar-refractivity contribution in [1.29, 1.82) is 0 Å². The Hall–Kier alpha value is -3.19. The summed E-state index contributed by atoms with van der Waals surface area (Å²) in [4.78, 5) is 11.9. The zero-order chi connectivity index (χ0) is 17.9. The van der Waals surface area contributed by atoms with Crippen molar-refractivity contribution in [3.8, 4) is 11.5 Å². The van der Waals surface area contributed by atoms with Crippen LogP contribution in [0.4, 0.5) is 5.82 Å². The Bertz CT molecular complexity index is 1010. The molecule has 0 fully saturated rings. The Morgan fingerprint density at radius 3 is 2.96 bits per heavy atom. The molecule has 26 heavy (non-hydrogen) atoms. The number of pyridine rings is 1. The van der Waals surface area contributed by atoms with Crippen LogP contribution in [0.15, 0.2) is 53.3 Å². The number of nitrogens with zero attached hydrogens (tertiary/aromatic N) is 3. The second kappa shape index (κ2) is 6.97. The van der Waals surface area contributed by atoms with Gasteiger partial charge in [-0.25, -0.2) is 4.98 Å². The number of methoxy groups -OCH3 is 1. The van der Waals surface area contributed by atoms with Crippen LogP contribution in [0.5, 0.6) is 0 Å². The average Bonchev–Trinajstić information content (AvgIpc) is 3.31. The van der Waals surface area contributed by atoms with E-state index < -0.39 is 0 Å². The maximum Gasteiger partial charge on any atom is 0.259 e. The Morgan fingerprint density at radius 1 is 1.23 bits per heavy atom. The fourth-order valence-corrected chi connectivity index (χ4v) is 2.81. The molecule has 0 amide bonds. The van der Waals surface area contributed by atoms with E-state index in [2.05, 4.69) is 56.6 Å². The number of anilines is 1. The van der Waals surface area contributed by atoms with E-state index in [9.17, 15) is 0 Å². The van der Waals surface area contributed by atoms with E-state index in [4.69, 9.17) is 9.26 Å². The minimum atomic E-state index is 0.129. The van der Waals surface area contributed by atoms with Gasteiger partial charge in [0.05, 0.1) is 5.56 Å². The van der Waals surface area contributed by atoms with Gasteiger partial charge in [0.1, 0.15) is 12.4 Å². The van der Waals surface area contributed by atoms with Crippen LogP contribution in [0.25, 0.3) is 22.4 Å². The molecule has 0 bridgehead atoms.